The molecule has 5 heteroatoms. The molecule has 0 radical (unpaired) electrons. The largest absolute Gasteiger partial charge is 0.489 e. The first-order chi connectivity index (χ1) is 12.7. The van der Waals surface area contributed by atoms with Crippen LogP contribution >= 0.6 is 0 Å². The van der Waals surface area contributed by atoms with Crippen molar-refractivity contribution in [1.82, 2.24) is 4.98 Å². The highest BCUT2D eigenvalue weighted by Gasteiger charge is 2.10. The average Bonchev–Trinajstić information content (AvgIpc) is 2.68. The summed E-state index contributed by atoms with van der Waals surface area (Å²) in [5.74, 6) is 0.838. The minimum atomic E-state index is -0.255. The molecule has 0 unspecified atom stereocenters. The van der Waals surface area contributed by atoms with Gasteiger partial charge in [0.15, 0.2) is 0 Å². The van der Waals surface area contributed by atoms with Crippen LogP contribution in [0.25, 0.3) is 0 Å². The summed E-state index contributed by atoms with van der Waals surface area (Å²) in [4.78, 5) is 16.6. The second-order valence-electron chi connectivity index (χ2n) is 5.71. The zero-order valence-corrected chi connectivity index (χ0v) is 14.3. The highest BCUT2D eigenvalue weighted by Crippen LogP contribution is 2.18. The monoisotopic (exact) mass is 343 g/mol. The van der Waals surface area contributed by atoms with Crippen LogP contribution in [0.1, 0.15) is 27.0 Å². The number of hydrogen-bond acceptors (Lipinski definition) is 4. The molecule has 0 atom stereocenters. The van der Waals surface area contributed by atoms with Gasteiger partial charge < -0.3 is 10.1 Å². The minimum Gasteiger partial charge on any atom is -0.489 e. The van der Waals surface area contributed by atoms with E-state index < -0.39 is 0 Å². The SMILES string of the molecule is Cc1cccnc1NC(=O)c1cccc(OCc2ccccc2C#N)c1. The van der Waals surface area contributed by atoms with Crippen LogP contribution in [0, 0.1) is 18.3 Å². The Labute approximate surface area is 151 Å². The number of hydrogen-bond donors (Lipinski definition) is 1. The van der Waals surface area contributed by atoms with Crippen LogP contribution in [0.5, 0.6) is 5.75 Å². The molecule has 0 aliphatic rings. The molecule has 1 aromatic heterocycles. The summed E-state index contributed by atoms with van der Waals surface area (Å²) < 4.78 is 5.75. The molecule has 0 bridgehead atoms. The lowest BCUT2D eigenvalue weighted by Crippen LogP contribution is -2.14. The normalized spacial score (nSPS) is 10.0. The van der Waals surface area contributed by atoms with Gasteiger partial charge in [-0.1, -0.05) is 30.3 Å². The maximum atomic E-state index is 12.4. The lowest BCUT2D eigenvalue weighted by atomic mass is 10.1. The highest BCUT2D eigenvalue weighted by molar-refractivity contribution is 6.04. The molecule has 2 aromatic carbocycles. The van der Waals surface area contributed by atoms with Crippen LogP contribution < -0.4 is 10.1 Å². The Balaban J connectivity index is 1.71. The van der Waals surface area contributed by atoms with Gasteiger partial charge in [-0.05, 0) is 42.8 Å². The minimum absolute atomic E-state index is 0.255. The van der Waals surface area contributed by atoms with Crippen molar-refractivity contribution in [2.24, 2.45) is 0 Å². The molecule has 0 saturated heterocycles. The van der Waals surface area contributed by atoms with Gasteiger partial charge in [0.05, 0.1) is 11.6 Å². The number of benzene rings is 2. The summed E-state index contributed by atoms with van der Waals surface area (Å²) in [5.41, 5.74) is 2.74. The Bertz CT molecular complexity index is 977. The second kappa shape index (κ2) is 7.95. The van der Waals surface area contributed by atoms with E-state index in [0.717, 1.165) is 11.1 Å². The number of nitriles is 1. The molecular weight excluding hydrogens is 326 g/mol. The van der Waals surface area contributed by atoms with Crippen molar-refractivity contribution in [2.75, 3.05) is 5.32 Å². The number of pyridine rings is 1. The van der Waals surface area contributed by atoms with Crippen molar-refractivity contribution in [3.05, 3.63) is 89.1 Å². The molecule has 0 saturated carbocycles. The number of rotatable bonds is 5. The van der Waals surface area contributed by atoms with Gasteiger partial charge in [-0.3, -0.25) is 4.79 Å². The predicted octanol–water partition coefficient (Wildman–Crippen LogP) is 4.09. The first-order valence-corrected chi connectivity index (χ1v) is 8.11. The molecule has 3 aromatic rings. The van der Waals surface area contributed by atoms with Crippen LogP contribution in [0.4, 0.5) is 5.82 Å². The molecule has 3 rings (SSSR count). The summed E-state index contributed by atoms with van der Waals surface area (Å²) in [6.45, 7) is 2.14. The summed E-state index contributed by atoms with van der Waals surface area (Å²) in [7, 11) is 0. The van der Waals surface area contributed by atoms with E-state index in [4.69, 9.17) is 10.00 Å². The summed E-state index contributed by atoms with van der Waals surface area (Å²) >= 11 is 0. The zero-order chi connectivity index (χ0) is 18.4. The molecule has 1 N–H and O–H groups in total. The summed E-state index contributed by atoms with van der Waals surface area (Å²) in [6, 6.07) is 20.0. The summed E-state index contributed by atoms with van der Waals surface area (Å²) in [6.07, 6.45) is 1.63. The van der Waals surface area contributed by atoms with E-state index in [1.807, 2.05) is 37.3 Å². The van der Waals surface area contributed by atoms with E-state index in [-0.39, 0.29) is 12.5 Å². The fourth-order valence-corrected chi connectivity index (χ4v) is 2.44. The van der Waals surface area contributed by atoms with Gasteiger partial charge >= 0.3 is 0 Å². The maximum Gasteiger partial charge on any atom is 0.256 e. The van der Waals surface area contributed by atoms with E-state index in [2.05, 4.69) is 16.4 Å². The number of nitrogens with one attached hydrogen (secondary N) is 1. The van der Waals surface area contributed by atoms with E-state index in [1.165, 1.54) is 0 Å². The Morgan fingerprint density at radius 2 is 2.00 bits per heavy atom. The van der Waals surface area contributed by atoms with Gasteiger partial charge in [-0.2, -0.15) is 5.26 Å². The number of aromatic nitrogens is 1. The lowest BCUT2D eigenvalue weighted by Gasteiger charge is -2.10. The van der Waals surface area contributed by atoms with Crippen molar-refractivity contribution < 1.29 is 9.53 Å². The van der Waals surface area contributed by atoms with Crippen molar-refractivity contribution in [3.8, 4) is 11.8 Å². The average molecular weight is 343 g/mol. The topological polar surface area (TPSA) is 75.0 Å². The molecule has 0 fully saturated rings. The zero-order valence-electron chi connectivity index (χ0n) is 14.3. The molecule has 26 heavy (non-hydrogen) atoms. The number of amides is 1. The molecule has 0 spiro atoms. The Kier molecular flexibility index (Phi) is 5.25. The van der Waals surface area contributed by atoms with Crippen molar-refractivity contribution in [2.45, 2.75) is 13.5 Å². The van der Waals surface area contributed by atoms with Crippen LogP contribution in [-0.4, -0.2) is 10.9 Å². The van der Waals surface area contributed by atoms with Gasteiger partial charge in [-0.15, -0.1) is 0 Å². The standard InChI is InChI=1S/C21H17N3O2/c1-15-6-5-11-23-20(15)24-21(25)16-9-4-10-19(12-16)26-14-18-8-3-2-7-17(18)13-22/h2-12H,14H2,1H3,(H,23,24,25). The van der Waals surface area contributed by atoms with Crippen LogP contribution in [0.15, 0.2) is 66.9 Å². The number of aryl methyl sites for hydroxylation is 1. The van der Waals surface area contributed by atoms with Crippen molar-refractivity contribution in [1.29, 1.82) is 5.26 Å². The third kappa shape index (κ3) is 4.05. The Hall–Kier alpha value is -3.65. The van der Waals surface area contributed by atoms with E-state index in [0.29, 0.717) is 22.7 Å². The number of ether oxygens (including phenoxy) is 1. The quantitative estimate of drug-likeness (QED) is 0.757. The Morgan fingerprint density at radius 3 is 2.81 bits per heavy atom. The van der Waals surface area contributed by atoms with E-state index in [1.54, 1.807) is 36.5 Å². The number of nitrogens with zero attached hydrogens (tertiary/aromatic N) is 2. The van der Waals surface area contributed by atoms with Gasteiger partial charge in [0.2, 0.25) is 0 Å². The fraction of sp³-hybridized carbons (Fsp3) is 0.0952. The number of carbonyl (C=O) groups excluding carboxylic acids is 1. The van der Waals surface area contributed by atoms with E-state index >= 15 is 0 Å². The Morgan fingerprint density at radius 1 is 1.15 bits per heavy atom. The molecule has 128 valence electrons. The first kappa shape index (κ1) is 17.2. The van der Waals surface area contributed by atoms with Crippen LogP contribution in [0.3, 0.4) is 0 Å². The van der Waals surface area contributed by atoms with Crippen molar-refractivity contribution >= 4 is 11.7 Å². The molecule has 0 aliphatic heterocycles. The van der Waals surface area contributed by atoms with Crippen molar-refractivity contribution in [3.63, 3.8) is 0 Å². The smallest absolute Gasteiger partial charge is 0.256 e. The third-order valence-electron chi connectivity index (χ3n) is 3.87. The van der Waals surface area contributed by atoms with Crippen LogP contribution in [0.2, 0.25) is 0 Å². The van der Waals surface area contributed by atoms with Gasteiger partial charge in [0.25, 0.3) is 5.91 Å². The number of anilines is 1. The molecule has 5 nitrogen and oxygen atoms in total. The maximum absolute atomic E-state index is 12.4. The molecular formula is C21H17N3O2. The lowest BCUT2D eigenvalue weighted by molar-refractivity contribution is 0.102. The summed E-state index contributed by atoms with van der Waals surface area (Å²) in [5, 5.41) is 11.9. The predicted molar refractivity (Wildman–Crippen MR) is 98.9 cm³/mol. The number of carbonyl (C=O) groups is 1. The van der Waals surface area contributed by atoms with Gasteiger partial charge in [-0.25, -0.2) is 4.98 Å². The first-order valence-electron chi connectivity index (χ1n) is 8.11. The second-order valence-corrected chi connectivity index (χ2v) is 5.71. The third-order valence-corrected chi connectivity index (χ3v) is 3.87. The van der Waals surface area contributed by atoms with E-state index in [9.17, 15) is 4.79 Å². The van der Waals surface area contributed by atoms with Crippen LogP contribution in [-0.2, 0) is 6.61 Å². The molecule has 0 aliphatic carbocycles. The van der Waals surface area contributed by atoms with Gasteiger partial charge in [0, 0.05) is 17.3 Å². The fourth-order valence-electron chi connectivity index (χ4n) is 2.44. The molecule has 1 heterocycles. The molecule has 1 amide bonds. The van der Waals surface area contributed by atoms with Gasteiger partial charge in [0.1, 0.15) is 18.2 Å². The highest BCUT2D eigenvalue weighted by atomic mass is 16.5.